The number of nitrogens with zero attached hydrogens (tertiary/aromatic N) is 1. The van der Waals surface area contributed by atoms with Gasteiger partial charge in [0.2, 0.25) is 5.78 Å². The molecule has 3 aliphatic rings. The van der Waals surface area contributed by atoms with Crippen LogP contribution in [-0.4, -0.2) is 58.2 Å². The third kappa shape index (κ3) is 8.38. The van der Waals surface area contributed by atoms with Crippen LogP contribution in [0.5, 0.6) is 5.75 Å². The molecule has 6 rings (SSSR count). The summed E-state index contributed by atoms with van der Waals surface area (Å²) in [6.45, 7) is 5.68. The van der Waals surface area contributed by atoms with E-state index in [-0.39, 0.29) is 42.9 Å². The molecule has 0 spiro atoms. The summed E-state index contributed by atoms with van der Waals surface area (Å²) in [7, 11) is 0. The van der Waals surface area contributed by atoms with Crippen LogP contribution in [0, 0.1) is 5.41 Å². The van der Waals surface area contributed by atoms with E-state index < -0.39 is 29.6 Å². The standard InChI is InChI=1S/C38H44F3NO7/c1-4-47-35(45)42(23-26-10-14-29(15-11-26)49-38(39,40)41)24-37(46)19-17-32-30-16-12-27(22-31(30)34(44)33-8-6-20-48-33)21-28(43)13-9-25(2)7-5-18-36(32,37)3/h6-8,10-12,14-16,20,22,28,32,43,46H,4-5,9,13,17-19,21,23-24H2,1-3H3. The monoisotopic (exact) mass is 683 g/mol. The SMILES string of the molecule is CCOC(=O)N(Cc1ccc(OC(F)(F)F)cc1)CC1(O)CCC2c3ccc(cc3C(=O)c3ccco3)CC(O)CCC(C)=CCCC21C. The summed E-state index contributed by atoms with van der Waals surface area (Å²) in [5, 5.41) is 23.5. The molecule has 0 aliphatic heterocycles. The first-order valence-corrected chi connectivity index (χ1v) is 16.7. The number of carbonyl (C=O) groups excluding carboxylic acids is 2. The summed E-state index contributed by atoms with van der Waals surface area (Å²) >= 11 is 0. The Balaban J connectivity index is 1.53. The number of hydrogen-bond acceptors (Lipinski definition) is 7. The molecule has 8 nitrogen and oxygen atoms in total. The molecule has 1 fully saturated rings. The average molecular weight is 684 g/mol. The minimum Gasteiger partial charge on any atom is -0.461 e. The van der Waals surface area contributed by atoms with Crippen LogP contribution >= 0.6 is 0 Å². The molecule has 264 valence electrons. The Morgan fingerprint density at radius 3 is 2.51 bits per heavy atom. The van der Waals surface area contributed by atoms with Crippen LogP contribution in [0.15, 0.2) is 76.9 Å². The van der Waals surface area contributed by atoms with E-state index in [9.17, 15) is 33.0 Å². The zero-order valence-electron chi connectivity index (χ0n) is 28.1. The summed E-state index contributed by atoms with van der Waals surface area (Å²) in [6, 6.07) is 14.2. The Kier molecular flexibility index (Phi) is 10.9. The summed E-state index contributed by atoms with van der Waals surface area (Å²) in [5.74, 6) is -0.770. The van der Waals surface area contributed by atoms with Gasteiger partial charge in [-0.25, -0.2) is 4.79 Å². The Hall–Kier alpha value is -4.09. The number of aliphatic hydroxyl groups excluding tert-OH is 1. The van der Waals surface area contributed by atoms with E-state index in [1.54, 1.807) is 19.1 Å². The van der Waals surface area contributed by atoms with Gasteiger partial charge in [0.1, 0.15) is 5.75 Å². The van der Waals surface area contributed by atoms with Crippen LogP contribution in [-0.2, 0) is 17.7 Å². The van der Waals surface area contributed by atoms with Crippen molar-refractivity contribution in [3.05, 3.63) is 101 Å². The van der Waals surface area contributed by atoms with Gasteiger partial charge in [-0.15, -0.1) is 13.2 Å². The minimum absolute atomic E-state index is 0.0214. The van der Waals surface area contributed by atoms with Gasteiger partial charge in [0.05, 0.1) is 31.1 Å². The maximum Gasteiger partial charge on any atom is 0.573 e. The number of fused-ring (bicyclic) bond motifs is 8. The van der Waals surface area contributed by atoms with E-state index >= 15 is 0 Å². The highest BCUT2D eigenvalue weighted by Crippen LogP contribution is 2.59. The fourth-order valence-electron chi connectivity index (χ4n) is 7.47. The van der Waals surface area contributed by atoms with E-state index in [1.807, 2.05) is 32.0 Å². The molecule has 1 saturated carbocycles. The molecule has 2 aromatic carbocycles. The largest absolute Gasteiger partial charge is 0.573 e. The quantitative estimate of drug-likeness (QED) is 0.182. The van der Waals surface area contributed by atoms with E-state index in [0.717, 1.165) is 16.7 Å². The molecule has 11 heteroatoms. The number of aliphatic hydroxyl groups is 2. The molecule has 1 amide bonds. The highest BCUT2D eigenvalue weighted by Gasteiger charge is 2.58. The normalized spacial score (nSPS) is 24.4. The maximum absolute atomic E-state index is 13.9. The molecule has 4 unspecified atom stereocenters. The zero-order chi connectivity index (χ0) is 35.4. The first-order valence-electron chi connectivity index (χ1n) is 16.7. The van der Waals surface area contributed by atoms with Crippen molar-refractivity contribution in [2.24, 2.45) is 5.41 Å². The number of ether oxygens (including phenoxy) is 2. The van der Waals surface area contributed by atoms with Crippen LogP contribution < -0.4 is 4.74 Å². The smallest absolute Gasteiger partial charge is 0.461 e. The summed E-state index contributed by atoms with van der Waals surface area (Å²) in [6.07, 6.45) is 1.15. The topological polar surface area (TPSA) is 109 Å². The van der Waals surface area contributed by atoms with Crippen LogP contribution in [0.1, 0.15) is 98.0 Å². The van der Waals surface area contributed by atoms with Crippen molar-refractivity contribution in [1.82, 2.24) is 4.90 Å². The second kappa shape index (κ2) is 14.8. The van der Waals surface area contributed by atoms with E-state index in [0.29, 0.717) is 56.1 Å². The van der Waals surface area contributed by atoms with Crippen LogP contribution in [0.2, 0.25) is 0 Å². The van der Waals surface area contributed by atoms with Crippen molar-refractivity contribution in [2.75, 3.05) is 13.2 Å². The number of furan rings is 1. The first kappa shape index (κ1) is 36.2. The van der Waals surface area contributed by atoms with Gasteiger partial charge in [0.25, 0.3) is 0 Å². The van der Waals surface area contributed by atoms with Gasteiger partial charge in [-0.05, 0) is 112 Å². The highest BCUT2D eigenvalue weighted by molar-refractivity contribution is 6.08. The molecule has 0 saturated heterocycles. The van der Waals surface area contributed by atoms with E-state index in [1.165, 1.54) is 35.4 Å². The molecule has 3 aliphatic carbocycles. The van der Waals surface area contributed by atoms with Gasteiger partial charge in [-0.2, -0.15) is 0 Å². The van der Waals surface area contributed by atoms with Gasteiger partial charge in [0.15, 0.2) is 5.76 Å². The molecule has 2 bridgehead atoms. The Bertz CT molecular complexity index is 1640. The number of alkyl halides is 3. The predicted molar refractivity (Wildman–Crippen MR) is 176 cm³/mol. The number of benzene rings is 2. The summed E-state index contributed by atoms with van der Waals surface area (Å²) in [5.41, 5.74) is 1.43. The molecule has 3 aromatic rings. The van der Waals surface area contributed by atoms with Gasteiger partial charge in [-0.1, -0.05) is 42.8 Å². The second-order valence-corrected chi connectivity index (χ2v) is 13.5. The van der Waals surface area contributed by atoms with Gasteiger partial charge < -0.3 is 29.0 Å². The van der Waals surface area contributed by atoms with Crippen molar-refractivity contribution >= 4 is 11.9 Å². The fraction of sp³-hybridized carbons (Fsp3) is 0.474. The number of hydrogen-bond donors (Lipinski definition) is 2. The fourth-order valence-corrected chi connectivity index (χ4v) is 7.47. The first-order chi connectivity index (χ1) is 23.2. The van der Waals surface area contributed by atoms with Crippen LogP contribution in [0.3, 0.4) is 0 Å². The lowest BCUT2D eigenvalue weighted by atomic mass is 9.64. The Morgan fingerprint density at radius 1 is 1.08 bits per heavy atom. The molecule has 2 N–H and O–H groups in total. The zero-order valence-corrected chi connectivity index (χ0v) is 28.1. The Labute approximate surface area is 284 Å². The third-order valence-corrected chi connectivity index (χ3v) is 10.2. The van der Waals surface area contributed by atoms with E-state index in [4.69, 9.17) is 9.15 Å². The van der Waals surface area contributed by atoms with Crippen molar-refractivity contribution in [3.63, 3.8) is 0 Å². The predicted octanol–water partition coefficient (Wildman–Crippen LogP) is 8.11. The second-order valence-electron chi connectivity index (χ2n) is 13.5. The average Bonchev–Trinajstić information content (AvgIpc) is 3.67. The number of rotatable bonds is 8. The van der Waals surface area contributed by atoms with E-state index in [2.05, 4.69) is 10.8 Å². The van der Waals surface area contributed by atoms with Crippen molar-refractivity contribution in [1.29, 1.82) is 0 Å². The van der Waals surface area contributed by atoms with Gasteiger partial charge in [-0.3, -0.25) is 4.79 Å². The maximum atomic E-state index is 13.9. The molecule has 4 atom stereocenters. The summed E-state index contributed by atoms with van der Waals surface area (Å²) < 4.78 is 53.1. The number of ketones is 1. The minimum atomic E-state index is -4.83. The molecule has 0 radical (unpaired) electrons. The van der Waals surface area contributed by atoms with Crippen molar-refractivity contribution < 1.29 is 46.9 Å². The third-order valence-electron chi connectivity index (χ3n) is 10.2. The lowest BCUT2D eigenvalue weighted by Crippen LogP contribution is -2.53. The van der Waals surface area contributed by atoms with Crippen molar-refractivity contribution in [3.8, 4) is 5.75 Å². The van der Waals surface area contributed by atoms with Crippen LogP contribution in [0.4, 0.5) is 18.0 Å². The lowest BCUT2D eigenvalue weighted by Gasteiger charge is -2.46. The molecular weight excluding hydrogens is 639 g/mol. The Morgan fingerprint density at radius 2 is 1.84 bits per heavy atom. The molecular formula is C38H44F3NO7. The number of allylic oxidation sites excluding steroid dienone is 2. The molecule has 1 aromatic heterocycles. The van der Waals surface area contributed by atoms with Gasteiger partial charge >= 0.3 is 12.5 Å². The molecule has 49 heavy (non-hydrogen) atoms. The lowest BCUT2D eigenvalue weighted by molar-refractivity contribution is -0.274. The highest BCUT2D eigenvalue weighted by atomic mass is 19.4. The van der Waals surface area contributed by atoms with Crippen molar-refractivity contribution in [2.45, 2.75) is 96.2 Å². The number of amides is 1. The molecule has 1 heterocycles. The van der Waals surface area contributed by atoms with Gasteiger partial charge in [0, 0.05) is 17.5 Å². The van der Waals surface area contributed by atoms with Crippen LogP contribution in [0.25, 0.3) is 0 Å². The number of halogens is 3. The number of carbonyl (C=O) groups is 2. The summed E-state index contributed by atoms with van der Waals surface area (Å²) in [4.78, 5) is 28.6.